The summed E-state index contributed by atoms with van der Waals surface area (Å²) in [5.74, 6) is 0.903. The highest BCUT2D eigenvalue weighted by atomic mass is 32.1. The lowest BCUT2D eigenvalue weighted by atomic mass is 9.96. The van der Waals surface area contributed by atoms with Gasteiger partial charge in [0.05, 0.1) is 0 Å². The largest absolute Gasteiger partial charge is 0.360 e. The molecule has 1 heterocycles. The van der Waals surface area contributed by atoms with E-state index < -0.39 is 0 Å². The number of hydrogen-bond donors (Lipinski definition) is 2. The van der Waals surface area contributed by atoms with E-state index in [1.54, 1.807) is 0 Å². The lowest BCUT2D eigenvalue weighted by Crippen LogP contribution is -2.22. The van der Waals surface area contributed by atoms with Crippen LogP contribution in [0.25, 0.3) is 0 Å². The molecule has 0 radical (unpaired) electrons. The molecule has 1 aromatic heterocycles. The zero-order valence-corrected chi connectivity index (χ0v) is 11.4. The van der Waals surface area contributed by atoms with E-state index in [9.17, 15) is 0 Å². The fourth-order valence-electron chi connectivity index (χ4n) is 1.17. The number of nitrogens with two attached hydrogens (primary N) is 1. The SMILES string of the molecule is CCC(N)CCNc1nc(C(C)(C)C)ns1. The molecule has 0 saturated heterocycles. The van der Waals surface area contributed by atoms with Crippen molar-refractivity contribution >= 4 is 16.7 Å². The normalized spacial score (nSPS) is 13.8. The molecule has 0 aliphatic heterocycles. The summed E-state index contributed by atoms with van der Waals surface area (Å²) in [5, 5.41) is 4.16. The van der Waals surface area contributed by atoms with Gasteiger partial charge in [-0.25, -0.2) is 4.98 Å². The Bertz CT molecular complexity index is 316. The summed E-state index contributed by atoms with van der Waals surface area (Å²) in [6, 6.07) is 0.280. The minimum atomic E-state index is 0.0241. The van der Waals surface area contributed by atoms with Gasteiger partial charge in [0.1, 0.15) is 5.82 Å². The number of rotatable bonds is 5. The van der Waals surface area contributed by atoms with Crippen LogP contribution in [0.1, 0.15) is 46.4 Å². The molecule has 3 N–H and O–H groups in total. The van der Waals surface area contributed by atoms with Crippen LogP contribution < -0.4 is 11.1 Å². The molecule has 0 fully saturated rings. The number of nitrogens with one attached hydrogen (secondary N) is 1. The Labute approximate surface area is 102 Å². The highest BCUT2D eigenvalue weighted by Gasteiger charge is 2.19. The molecule has 0 aliphatic rings. The molecule has 1 aromatic rings. The molecule has 0 aromatic carbocycles. The van der Waals surface area contributed by atoms with E-state index in [1.807, 2.05) is 0 Å². The predicted octanol–water partition coefficient (Wildman–Crippen LogP) is 2.37. The van der Waals surface area contributed by atoms with E-state index in [2.05, 4.69) is 42.4 Å². The molecule has 0 bridgehead atoms. The van der Waals surface area contributed by atoms with Gasteiger partial charge in [0.15, 0.2) is 0 Å². The Morgan fingerprint density at radius 2 is 2.12 bits per heavy atom. The fourth-order valence-corrected chi connectivity index (χ4v) is 1.95. The summed E-state index contributed by atoms with van der Waals surface area (Å²) in [5.41, 5.74) is 5.86. The molecule has 1 unspecified atom stereocenters. The van der Waals surface area contributed by atoms with Crippen LogP contribution in [0.4, 0.5) is 5.13 Å². The van der Waals surface area contributed by atoms with Gasteiger partial charge in [-0.3, -0.25) is 0 Å². The highest BCUT2D eigenvalue weighted by molar-refractivity contribution is 7.09. The van der Waals surface area contributed by atoms with Crippen LogP contribution in [0.2, 0.25) is 0 Å². The van der Waals surface area contributed by atoms with E-state index in [-0.39, 0.29) is 11.5 Å². The molecule has 92 valence electrons. The monoisotopic (exact) mass is 242 g/mol. The smallest absolute Gasteiger partial charge is 0.202 e. The summed E-state index contributed by atoms with van der Waals surface area (Å²) >= 11 is 1.42. The van der Waals surface area contributed by atoms with Crippen molar-refractivity contribution in [2.45, 2.75) is 52.0 Å². The van der Waals surface area contributed by atoms with Gasteiger partial charge in [-0.15, -0.1) is 0 Å². The van der Waals surface area contributed by atoms with Crippen LogP contribution in [0, 0.1) is 0 Å². The Kier molecular flexibility index (Phi) is 4.68. The maximum absolute atomic E-state index is 5.84. The van der Waals surface area contributed by atoms with E-state index in [1.165, 1.54) is 11.5 Å². The van der Waals surface area contributed by atoms with Gasteiger partial charge >= 0.3 is 0 Å². The second-order valence-electron chi connectivity index (χ2n) is 5.06. The molecule has 4 nitrogen and oxygen atoms in total. The third-order valence-corrected chi connectivity index (χ3v) is 3.09. The van der Waals surface area contributed by atoms with E-state index in [0.717, 1.165) is 30.3 Å². The van der Waals surface area contributed by atoms with Crippen molar-refractivity contribution in [1.29, 1.82) is 0 Å². The highest BCUT2D eigenvalue weighted by Crippen LogP contribution is 2.22. The number of anilines is 1. The van der Waals surface area contributed by atoms with Crippen LogP contribution in [0.5, 0.6) is 0 Å². The molecule has 0 saturated carbocycles. The standard InChI is InChI=1S/C11H22N4S/c1-5-8(12)6-7-13-10-14-9(15-16-10)11(2,3)4/h8H,5-7,12H2,1-4H3,(H,13,14,15). The summed E-state index contributed by atoms with van der Waals surface area (Å²) in [4.78, 5) is 4.46. The zero-order valence-electron chi connectivity index (χ0n) is 10.6. The first-order valence-electron chi connectivity index (χ1n) is 5.77. The lowest BCUT2D eigenvalue weighted by Gasteiger charge is -2.12. The first kappa shape index (κ1) is 13.4. The number of nitrogens with zero attached hydrogens (tertiary/aromatic N) is 2. The van der Waals surface area contributed by atoms with Gasteiger partial charge in [-0.2, -0.15) is 4.37 Å². The summed E-state index contributed by atoms with van der Waals surface area (Å²) in [7, 11) is 0. The third-order valence-electron chi connectivity index (χ3n) is 2.41. The Hall–Kier alpha value is -0.680. The summed E-state index contributed by atoms with van der Waals surface area (Å²) in [6.45, 7) is 9.32. The van der Waals surface area contributed by atoms with Gasteiger partial charge in [0, 0.05) is 29.5 Å². The number of hydrogen-bond acceptors (Lipinski definition) is 5. The molecule has 1 rings (SSSR count). The van der Waals surface area contributed by atoms with Crippen LogP contribution in [-0.2, 0) is 5.41 Å². The summed E-state index contributed by atoms with van der Waals surface area (Å²) < 4.78 is 4.34. The molecule has 5 heteroatoms. The van der Waals surface area contributed by atoms with Crippen LogP contribution in [-0.4, -0.2) is 21.9 Å². The van der Waals surface area contributed by atoms with Crippen LogP contribution in [0.15, 0.2) is 0 Å². The minimum Gasteiger partial charge on any atom is -0.360 e. The zero-order chi connectivity index (χ0) is 12.2. The third kappa shape index (κ3) is 4.06. The van der Waals surface area contributed by atoms with Crippen molar-refractivity contribution < 1.29 is 0 Å². The predicted molar refractivity (Wildman–Crippen MR) is 70.0 cm³/mol. The Morgan fingerprint density at radius 1 is 1.44 bits per heavy atom. The van der Waals surface area contributed by atoms with Crippen LogP contribution >= 0.6 is 11.5 Å². The van der Waals surface area contributed by atoms with Gasteiger partial charge in [-0.05, 0) is 12.8 Å². The van der Waals surface area contributed by atoms with Crippen molar-refractivity contribution in [3.05, 3.63) is 5.82 Å². The first-order chi connectivity index (χ1) is 7.43. The van der Waals surface area contributed by atoms with Crippen molar-refractivity contribution in [1.82, 2.24) is 9.36 Å². The maximum atomic E-state index is 5.84. The number of aromatic nitrogens is 2. The van der Waals surface area contributed by atoms with Crippen molar-refractivity contribution in [2.24, 2.45) is 5.73 Å². The maximum Gasteiger partial charge on any atom is 0.202 e. The fraction of sp³-hybridized carbons (Fsp3) is 0.818. The van der Waals surface area contributed by atoms with Gasteiger partial charge in [0.25, 0.3) is 0 Å². The first-order valence-corrected chi connectivity index (χ1v) is 6.54. The molecular formula is C11H22N4S. The Balaban J connectivity index is 2.41. The van der Waals surface area contributed by atoms with Crippen molar-refractivity contribution in [3.8, 4) is 0 Å². The molecule has 0 spiro atoms. The van der Waals surface area contributed by atoms with E-state index in [4.69, 9.17) is 5.73 Å². The molecule has 1 atom stereocenters. The summed E-state index contributed by atoms with van der Waals surface area (Å²) in [6.07, 6.45) is 1.99. The molecular weight excluding hydrogens is 220 g/mol. The second kappa shape index (κ2) is 5.59. The molecule has 0 amide bonds. The lowest BCUT2D eigenvalue weighted by molar-refractivity contribution is 0.555. The molecule has 0 aliphatic carbocycles. The minimum absolute atomic E-state index is 0.0241. The topological polar surface area (TPSA) is 63.8 Å². The van der Waals surface area contributed by atoms with E-state index >= 15 is 0 Å². The molecule has 16 heavy (non-hydrogen) atoms. The van der Waals surface area contributed by atoms with Gasteiger partial charge in [-0.1, -0.05) is 27.7 Å². The van der Waals surface area contributed by atoms with Crippen molar-refractivity contribution in [2.75, 3.05) is 11.9 Å². The van der Waals surface area contributed by atoms with Gasteiger partial charge < -0.3 is 11.1 Å². The van der Waals surface area contributed by atoms with Crippen molar-refractivity contribution in [3.63, 3.8) is 0 Å². The van der Waals surface area contributed by atoms with E-state index in [0.29, 0.717) is 0 Å². The average molecular weight is 242 g/mol. The Morgan fingerprint density at radius 3 is 2.62 bits per heavy atom. The van der Waals surface area contributed by atoms with Crippen LogP contribution in [0.3, 0.4) is 0 Å². The average Bonchev–Trinajstić information content (AvgIpc) is 2.65. The second-order valence-corrected chi connectivity index (χ2v) is 5.81. The van der Waals surface area contributed by atoms with Gasteiger partial charge in [0.2, 0.25) is 5.13 Å². The quantitative estimate of drug-likeness (QED) is 0.832.